The Bertz CT molecular complexity index is 996. The van der Waals surface area contributed by atoms with E-state index < -0.39 is 15.9 Å². The number of amides is 1. The predicted molar refractivity (Wildman–Crippen MR) is 103 cm³/mol. The van der Waals surface area contributed by atoms with Gasteiger partial charge in [0.05, 0.1) is 16.8 Å². The maximum absolute atomic E-state index is 11.6. The Labute approximate surface area is 163 Å². The Morgan fingerprint density at radius 2 is 1.89 bits per heavy atom. The molecule has 8 heteroatoms. The minimum absolute atomic E-state index is 0.0515. The van der Waals surface area contributed by atoms with Gasteiger partial charge >= 0.3 is 6.09 Å². The van der Waals surface area contributed by atoms with Gasteiger partial charge in [-0.05, 0) is 37.0 Å². The monoisotopic (exact) mass is 402 g/mol. The van der Waals surface area contributed by atoms with Crippen molar-refractivity contribution in [1.82, 2.24) is 9.88 Å². The van der Waals surface area contributed by atoms with Crippen molar-refractivity contribution >= 4 is 15.9 Å². The molecule has 3 heterocycles. The van der Waals surface area contributed by atoms with Crippen molar-refractivity contribution in [3.05, 3.63) is 42.1 Å². The molecule has 0 bridgehead atoms. The molecule has 1 atom stereocenters. The number of nitrogens with zero attached hydrogens (tertiary/aromatic N) is 2. The number of ether oxygens (including phenoxy) is 1. The lowest BCUT2D eigenvalue weighted by Crippen LogP contribution is -2.41. The number of aromatic nitrogens is 1. The topological polar surface area (TPSA) is 96.8 Å². The van der Waals surface area contributed by atoms with Crippen LogP contribution < -0.4 is 4.74 Å². The summed E-state index contributed by atoms with van der Waals surface area (Å²) in [5.41, 5.74) is 2.72. The highest BCUT2D eigenvalue weighted by Crippen LogP contribution is 2.36. The van der Waals surface area contributed by atoms with Crippen LogP contribution in [-0.4, -0.2) is 55.0 Å². The van der Waals surface area contributed by atoms with Gasteiger partial charge in [-0.1, -0.05) is 12.1 Å². The van der Waals surface area contributed by atoms with Gasteiger partial charge in [-0.3, -0.25) is 4.98 Å². The summed E-state index contributed by atoms with van der Waals surface area (Å²) in [6.45, 7) is 1.10. The average molecular weight is 402 g/mol. The molecule has 0 unspecified atom stereocenters. The highest BCUT2D eigenvalue weighted by Gasteiger charge is 2.34. The second-order valence-electron chi connectivity index (χ2n) is 7.44. The average Bonchev–Trinajstić information content (AvgIpc) is 3.11. The zero-order valence-electron chi connectivity index (χ0n) is 15.5. The third kappa shape index (κ3) is 3.69. The molecule has 0 saturated carbocycles. The molecule has 2 aliphatic rings. The van der Waals surface area contributed by atoms with Gasteiger partial charge in [0, 0.05) is 36.9 Å². The summed E-state index contributed by atoms with van der Waals surface area (Å²) in [6.07, 6.45) is 4.50. The number of rotatable bonds is 3. The van der Waals surface area contributed by atoms with Crippen LogP contribution in [0.1, 0.15) is 18.4 Å². The number of pyridine rings is 1. The van der Waals surface area contributed by atoms with Crippen molar-refractivity contribution in [3.8, 4) is 17.0 Å². The molecule has 1 aromatic heterocycles. The molecule has 1 amide bonds. The van der Waals surface area contributed by atoms with Gasteiger partial charge in [-0.25, -0.2) is 13.2 Å². The van der Waals surface area contributed by atoms with E-state index in [0.717, 1.165) is 41.8 Å². The fourth-order valence-electron chi connectivity index (χ4n) is 3.93. The van der Waals surface area contributed by atoms with E-state index in [1.165, 1.54) is 11.2 Å². The smallest absolute Gasteiger partial charge is 0.407 e. The first-order valence-corrected chi connectivity index (χ1v) is 11.1. The zero-order chi connectivity index (χ0) is 19.9. The number of carboxylic acid groups (broad SMARTS) is 1. The first-order chi connectivity index (χ1) is 13.3. The molecule has 1 aromatic carbocycles. The van der Waals surface area contributed by atoms with Gasteiger partial charge < -0.3 is 14.7 Å². The van der Waals surface area contributed by atoms with Gasteiger partial charge in [-0.2, -0.15) is 0 Å². The van der Waals surface area contributed by atoms with Crippen LogP contribution >= 0.6 is 0 Å². The maximum Gasteiger partial charge on any atom is 0.407 e. The predicted octanol–water partition coefficient (Wildman–Crippen LogP) is 2.85. The van der Waals surface area contributed by atoms with Gasteiger partial charge in [0.25, 0.3) is 0 Å². The van der Waals surface area contributed by atoms with Crippen molar-refractivity contribution in [2.75, 3.05) is 19.3 Å². The highest BCUT2D eigenvalue weighted by molar-refractivity contribution is 7.90. The summed E-state index contributed by atoms with van der Waals surface area (Å²) in [4.78, 5) is 17.3. The Hall–Kier alpha value is -2.61. The minimum Gasteiger partial charge on any atom is -0.488 e. The number of fused-ring (bicyclic) bond motifs is 1. The minimum atomic E-state index is -3.22. The molecule has 0 radical (unpaired) electrons. The number of likely N-dealkylation sites (tertiary alicyclic amines) is 1. The van der Waals surface area contributed by atoms with Crippen LogP contribution in [0.2, 0.25) is 0 Å². The molecular formula is C20H22N2O5S. The van der Waals surface area contributed by atoms with Crippen LogP contribution in [0.25, 0.3) is 11.3 Å². The number of sulfone groups is 1. The van der Waals surface area contributed by atoms with Crippen LogP contribution in [0, 0.1) is 5.92 Å². The Balaban J connectivity index is 1.47. The summed E-state index contributed by atoms with van der Waals surface area (Å²) in [5.74, 6) is 1.11. The molecule has 1 saturated heterocycles. The molecule has 4 rings (SSSR count). The van der Waals surface area contributed by atoms with E-state index in [4.69, 9.17) is 9.84 Å². The Morgan fingerprint density at radius 1 is 1.21 bits per heavy atom. The maximum atomic E-state index is 11.6. The van der Waals surface area contributed by atoms with E-state index in [1.807, 2.05) is 6.07 Å². The first-order valence-electron chi connectivity index (χ1n) is 9.25. The van der Waals surface area contributed by atoms with Gasteiger partial charge in [-0.15, -0.1) is 0 Å². The summed E-state index contributed by atoms with van der Waals surface area (Å²) in [6, 6.07) is 8.71. The van der Waals surface area contributed by atoms with Crippen LogP contribution in [0.15, 0.2) is 41.4 Å². The fourth-order valence-corrected chi connectivity index (χ4v) is 4.56. The molecule has 148 valence electrons. The molecule has 0 spiro atoms. The molecule has 2 aliphatic heterocycles. The summed E-state index contributed by atoms with van der Waals surface area (Å²) >= 11 is 0. The van der Waals surface area contributed by atoms with E-state index in [1.54, 1.807) is 30.5 Å². The standard InChI is InChI=1S/C20H22N2O5S/c1-28(25,26)16-4-2-13(3-5-16)17-10-15-11-18(27-19(15)12-21-17)14-6-8-22(9-7-14)20(23)24/h2-5,10,12,14,18H,6-9,11H2,1H3,(H,23,24)/t18-/m1/s1. The van der Waals surface area contributed by atoms with E-state index in [2.05, 4.69) is 4.98 Å². The van der Waals surface area contributed by atoms with Crippen LogP contribution in [0.3, 0.4) is 0 Å². The Morgan fingerprint density at radius 3 is 2.50 bits per heavy atom. The largest absolute Gasteiger partial charge is 0.488 e. The van der Waals surface area contributed by atoms with E-state index in [9.17, 15) is 13.2 Å². The summed E-state index contributed by atoms with van der Waals surface area (Å²) < 4.78 is 29.3. The lowest BCUT2D eigenvalue weighted by atomic mass is 9.89. The highest BCUT2D eigenvalue weighted by atomic mass is 32.2. The van der Waals surface area contributed by atoms with E-state index >= 15 is 0 Å². The number of hydrogen-bond acceptors (Lipinski definition) is 5. The lowest BCUT2D eigenvalue weighted by molar-refractivity contribution is 0.0834. The zero-order valence-corrected chi connectivity index (χ0v) is 16.4. The quantitative estimate of drug-likeness (QED) is 0.848. The summed E-state index contributed by atoms with van der Waals surface area (Å²) in [5, 5.41) is 9.09. The van der Waals surface area contributed by atoms with E-state index in [0.29, 0.717) is 19.0 Å². The normalized spacial score (nSPS) is 19.9. The van der Waals surface area contributed by atoms with Gasteiger partial charge in [0.15, 0.2) is 9.84 Å². The van der Waals surface area contributed by atoms with Crippen molar-refractivity contribution in [1.29, 1.82) is 0 Å². The summed E-state index contributed by atoms with van der Waals surface area (Å²) in [7, 11) is -3.22. The molecule has 7 nitrogen and oxygen atoms in total. The number of benzene rings is 1. The third-order valence-electron chi connectivity index (χ3n) is 5.56. The second-order valence-corrected chi connectivity index (χ2v) is 9.46. The van der Waals surface area contributed by atoms with Crippen LogP contribution in [0.5, 0.6) is 5.75 Å². The molecular weight excluding hydrogens is 380 g/mol. The fraction of sp³-hybridized carbons (Fsp3) is 0.400. The SMILES string of the molecule is CS(=O)(=O)c1ccc(-c2cc3c(cn2)O[C@@H](C2CCN(C(=O)O)CC2)C3)cc1. The van der Waals surface area contributed by atoms with Crippen molar-refractivity contribution in [3.63, 3.8) is 0 Å². The molecule has 2 aromatic rings. The molecule has 0 aliphatic carbocycles. The number of piperidine rings is 1. The molecule has 1 fully saturated rings. The van der Waals surface area contributed by atoms with Gasteiger partial charge in [0.2, 0.25) is 0 Å². The molecule has 1 N–H and O–H groups in total. The van der Waals surface area contributed by atoms with Crippen molar-refractivity contribution < 1.29 is 23.1 Å². The van der Waals surface area contributed by atoms with Gasteiger partial charge in [0.1, 0.15) is 11.9 Å². The van der Waals surface area contributed by atoms with Crippen molar-refractivity contribution in [2.45, 2.75) is 30.3 Å². The Kier molecular flexibility index (Phi) is 4.74. The first kappa shape index (κ1) is 18.7. The number of carbonyl (C=O) groups is 1. The van der Waals surface area contributed by atoms with Crippen LogP contribution in [-0.2, 0) is 16.3 Å². The van der Waals surface area contributed by atoms with Crippen molar-refractivity contribution in [2.24, 2.45) is 5.92 Å². The lowest BCUT2D eigenvalue weighted by Gasteiger charge is -2.32. The molecule has 28 heavy (non-hydrogen) atoms. The van der Waals surface area contributed by atoms with Crippen LogP contribution in [0.4, 0.5) is 4.79 Å². The number of hydrogen-bond donors (Lipinski definition) is 1. The van der Waals surface area contributed by atoms with E-state index in [-0.39, 0.29) is 11.0 Å². The third-order valence-corrected chi connectivity index (χ3v) is 6.69. The second kappa shape index (κ2) is 7.09.